The van der Waals surface area contributed by atoms with Gasteiger partial charge in [0.05, 0.1) is 24.0 Å². The minimum Gasteiger partial charge on any atom is -0.548 e. The second kappa shape index (κ2) is 7.14. The Labute approximate surface area is 161 Å². The number of fused-ring (bicyclic) bond motifs is 2. The third-order valence-corrected chi connectivity index (χ3v) is 5.16. The van der Waals surface area contributed by atoms with Gasteiger partial charge in [0.15, 0.2) is 0 Å². The first-order valence-electron chi connectivity index (χ1n) is 9.06. The monoisotopic (exact) mass is 384 g/mol. The highest BCUT2D eigenvalue weighted by Crippen LogP contribution is 2.30. The Bertz CT molecular complexity index is 1150. The molecule has 0 bridgehead atoms. The number of carbonyl (C=O) groups excluding carboxylic acids is 2. The van der Waals surface area contributed by atoms with E-state index in [0.717, 1.165) is 16.7 Å². The summed E-state index contributed by atoms with van der Waals surface area (Å²) >= 11 is 0. The molecule has 0 radical (unpaired) electrons. The van der Waals surface area contributed by atoms with Crippen LogP contribution in [0, 0.1) is 26.7 Å². The van der Waals surface area contributed by atoms with Crippen molar-refractivity contribution in [3.8, 4) is 0 Å². The Morgan fingerprint density at radius 1 is 1.04 bits per heavy atom. The summed E-state index contributed by atoms with van der Waals surface area (Å²) in [4.78, 5) is 36.0. The van der Waals surface area contributed by atoms with Crippen molar-refractivity contribution < 1.29 is 23.5 Å². The zero-order valence-corrected chi connectivity index (χ0v) is 16.5. The maximum Gasteiger partial charge on any atom is 0.340 e. The van der Waals surface area contributed by atoms with Crippen LogP contribution in [-0.4, -0.2) is 17.9 Å². The summed E-state index contributed by atoms with van der Waals surface area (Å²) in [6.45, 7) is 8.88. The van der Waals surface area contributed by atoms with Crippen molar-refractivity contribution in [1.82, 2.24) is 5.32 Å². The van der Waals surface area contributed by atoms with E-state index in [1.807, 2.05) is 19.9 Å². The van der Waals surface area contributed by atoms with Gasteiger partial charge in [-0.05, 0) is 43.9 Å². The zero-order valence-electron chi connectivity index (χ0n) is 16.5. The van der Waals surface area contributed by atoms with Gasteiger partial charge in [-0.15, -0.1) is 0 Å². The van der Waals surface area contributed by atoms with Crippen LogP contribution in [0.5, 0.6) is 0 Å². The van der Waals surface area contributed by atoms with Gasteiger partial charge in [-0.25, -0.2) is 4.79 Å². The summed E-state index contributed by atoms with van der Waals surface area (Å²) in [7, 11) is 0. The van der Waals surface area contributed by atoms with Gasteiger partial charge in [0, 0.05) is 16.8 Å². The predicted octanol–water partition coefficient (Wildman–Crippen LogP) is 1.90. The SMILES string of the molecule is Cc1oc2cc3oc(=O)c(CC(=O)N[C@@H](C(=O)[O-])C(C)C)c(C)c3cc2c1C. The number of hydrogen-bond donors (Lipinski definition) is 1. The molecular weight excluding hydrogens is 362 g/mol. The number of rotatable bonds is 5. The van der Waals surface area contributed by atoms with E-state index in [0.29, 0.717) is 22.1 Å². The summed E-state index contributed by atoms with van der Waals surface area (Å²) in [5.74, 6) is -1.50. The van der Waals surface area contributed by atoms with E-state index in [-0.39, 0.29) is 17.9 Å². The molecule has 3 rings (SSSR count). The number of benzene rings is 1. The first-order valence-corrected chi connectivity index (χ1v) is 9.06. The third kappa shape index (κ3) is 3.40. The molecule has 0 spiro atoms. The minimum absolute atomic E-state index is 0.197. The molecule has 0 aliphatic rings. The minimum atomic E-state index is -1.36. The molecular formula is C21H22NO6-. The molecule has 148 valence electrons. The lowest BCUT2D eigenvalue weighted by Crippen LogP contribution is -2.51. The van der Waals surface area contributed by atoms with Crippen LogP contribution in [0.15, 0.2) is 25.8 Å². The van der Waals surface area contributed by atoms with Crippen molar-refractivity contribution in [2.75, 3.05) is 0 Å². The molecule has 2 heterocycles. The van der Waals surface area contributed by atoms with Crippen molar-refractivity contribution in [2.45, 2.75) is 47.1 Å². The van der Waals surface area contributed by atoms with Crippen LogP contribution in [0.25, 0.3) is 21.9 Å². The van der Waals surface area contributed by atoms with Gasteiger partial charge in [0.2, 0.25) is 5.91 Å². The lowest BCUT2D eigenvalue weighted by Gasteiger charge is -2.23. The van der Waals surface area contributed by atoms with Crippen LogP contribution in [0.1, 0.15) is 36.3 Å². The second-order valence-electron chi connectivity index (χ2n) is 7.41. The van der Waals surface area contributed by atoms with Crippen LogP contribution in [-0.2, 0) is 16.0 Å². The number of carbonyl (C=O) groups is 2. The molecule has 0 unspecified atom stereocenters. The van der Waals surface area contributed by atoms with Gasteiger partial charge < -0.3 is 24.1 Å². The second-order valence-corrected chi connectivity index (χ2v) is 7.41. The summed E-state index contributed by atoms with van der Waals surface area (Å²) in [5, 5.41) is 15.2. The highest BCUT2D eigenvalue weighted by atomic mass is 16.4. The summed E-state index contributed by atoms with van der Waals surface area (Å²) < 4.78 is 11.1. The topological polar surface area (TPSA) is 113 Å². The van der Waals surface area contributed by atoms with Crippen molar-refractivity contribution >= 4 is 33.8 Å². The first-order chi connectivity index (χ1) is 13.1. The lowest BCUT2D eigenvalue weighted by molar-refractivity contribution is -0.309. The quantitative estimate of drug-likeness (QED) is 0.672. The molecule has 1 N–H and O–H groups in total. The number of furan rings is 1. The number of aliphatic carboxylic acids is 1. The Balaban J connectivity index is 2.02. The molecule has 1 atom stereocenters. The Morgan fingerprint density at radius 2 is 1.64 bits per heavy atom. The highest BCUT2D eigenvalue weighted by molar-refractivity contribution is 5.97. The summed E-state index contributed by atoms with van der Waals surface area (Å²) in [5.41, 5.74) is 2.19. The standard InChI is InChI=1S/C21H23NO6/c1-9(2)19(20(24)25)22-18(23)7-15-11(4)14-6-13-10(3)12(5)27-16(13)8-17(14)28-21(15)26/h6,8-9,19H,7H2,1-5H3,(H,22,23)(H,24,25)/p-1/t19-/m1/s1. The van der Waals surface area contributed by atoms with Crippen LogP contribution in [0.4, 0.5) is 0 Å². The van der Waals surface area contributed by atoms with Gasteiger partial charge in [0.25, 0.3) is 0 Å². The molecule has 1 aromatic carbocycles. The predicted molar refractivity (Wildman–Crippen MR) is 102 cm³/mol. The molecule has 0 aliphatic carbocycles. The van der Waals surface area contributed by atoms with E-state index in [4.69, 9.17) is 8.83 Å². The van der Waals surface area contributed by atoms with E-state index >= 15 is 0 Å². The summed E-state index contributed by atoms with van der Waals surface area (Å²) in [6, 6.07) is 2.43. The number of carboxylic acids is 1. The van der Waals surface area contributed by atoms with Crippen LogP contribution in [0.3, 0.4) is 0 Å². The fourth-order valence-electron chi connectivity index (χ4n) is 3.31. The van der Waals surface area contributed by atoms with Gasteiger partial charge in [-0.2, -0.15) is 0 Å². The molecule has 0 saturated carbocycles. The first kappa shape index (κ1) is 19.7. The van der Waals surface area contributed by atoms with Crippen LogP contribution >= 0.6 is 0 Å². The van der Waals surface area contributed by atoms with E-state index in [1.54, 1.807) is 26.8 Å². The van der Waals surface area contributed by atoms with Gasteiger partial charge in [-0.1, -0.05) is 13.8 Å². The van der Waals surface area contributed by atoms with Crippen molar-refractivity contribution in [2.24, 2.45) is 5.92 Å². The fraction of sp³-hybridized carbons (Fsp3) is 0.381. The number of hydrogen-bond acceptors (Lipinski definition) is 6. The zero-order chi connectivity index (χ0) is 20.7. The lowest BCUT2D eigenvalue weighted by atomic mass is 10.0. The van der Waals surface area contributed by atoms with Crippen LogP contribution in [0.2, 0.25) is 0 Å². The van der Waals surface area contributed by atoms with Crippen LogP contribution < -0.4 is 16.0 Å². The smallest absolute Gasteiger partial charge is 0.340 e. The Kier molecular flexibility index (Phi) is 5.02. The third-order valence-electron chi connectivity index (χ3n) is 5.16. The molecule has 1 amide bonds. The van der Waals surface area contributed by atoms with Crippen molar-refractivity contribution in [1.29, 1.82) is 0 Å². The van der Waals surface area contributed by atoms with Crippen molar-refractivity contribution in [3.05, 3.63) is 45.0 Å². The molecule has 0 aliphatic heterocycles. The maximum absolute atomic E-state index is 12.4. The normalized spacial score (nSPS) is 12.6. The molecule has 0 fully saturated rings. The highest BCUT2D eigenvalue weighted by Gasteiger charge is 2.21. The van der Waals surface area contributed by atoms with E-state index < -0.39 is 23.5 Å². The van der Waals surface area contributed by atoms with E-state index in [1.165, 1.54) is 0 Å². The Hall–Kier alpha value is -3.09. The largest absolute Gasteiger partial charge is 0.548 e. The van der Waals surface area contributed by atoms with E-state index in [9.17, 15) is 19.5 Å². The maximum atomic E-state index is 12.4. The summed E-state index contributed by atoms with van der Waals surface area (Å²) in [6.07, 6.45) is -0.276. The number of nitrogens with one attached hydrogen (secondary N) is 1. The molecule has 0 saturated heterocycles. The molecule has 28 heavy (non-hydrogen) atoms. The van der Waals surface area contributed by atoms with Crippen molar-refractivity contribution in [3.63, 3.8) is 0 Å². The molecule has 7 nitrogen and oxygen atoms in total. The fourth-order valence-corrected chi connectivity index (χ4v) is 3.31. The van der Waals surface area contributed by atoms with E-state index in [2.05, 4.69) is 5.32 Å². The average molecular weight is 384 g/mol. The number of aryl methyl sites for hydroxylation is 3. The average Bonchev–Trinajstić information content (AvgIpc) is 2.88. The molecule has 2 aromatic heterocycles. The number of carboxylic acid groups (broad SMARTS) is 1. The Morgan fingerprint density at radius 3 is 2.25 bits per heavy atom. The molecule has 3 aromatic rings. The van der Waals surface area contributed by atoms with Gasteiger partial charge >= 0.3 is 5.63 Å². The van der Waals surface area contributed by atoms with Gasteiger partial charge in [0.1, 0.15) is 16.9 Å². The number of amides is 1. The van der Waals surface area contributed by atoms with Gasteiger partial charge in [-0.3, -0.25) is 4.79 Å². The molecule has 7 heteroatoms.